The molecule has 100 valence electrons. The molecule has 0 aliphatic carbocycles. The van der Waals surface area contributed by atoms with Gasteiger partial charge >= 0.3 is 5.69 Å². The summed E-state index contributed by atoms with van der Waals surface area (Å²) in [5.41, 5.74) is 0.351. The molecule has 0 saturated carbocycles. The highest BCUT2D eigenvalue weighted by Gasteiger charge is 2.18. The van der Waals surface area contributed by atoms with E-state index in [-0.39, 0.29) is 17.1 Å². The Bertz CT molecular complexity index is 463. The fourth-order valence-corrected chi connectivity index (χ4v) is 2.45. The van der Waals surface area contributed by atoms with E-state index < -0.39 is 13.0 Å². The lowest BCUT2D eigenvalue weighted by Gasteiger charge is -2.11. The Morgan fingerprint density at radius 2 is 2.22 bits per heavy atom. The summed E-state index contributed by atoms with van der Waals surface area (Å²) in [7, 11) is -1.23. The van der Waals surface area contributed by atoms with Gasteiger partial charge in [0, 0.05) is 11.7 Å². The average Bonchev–Trinajstić information content (AvgIpc) is 2.34. The molecule has 0 spiro atoms. The van der Waals surface area contributed by atoms with Crippen LogP contribution in [0.3, 0.4) is 0 Å². The van der Waals surface area contributed by atoms with Crippen molar-refractivity contribution < 1.29 is 19.1 Å². The van der Waals surface area contributed by atoms with Gasteiger partial charge in [-0.2, -0.15) is 0 Å². The predicted molar refractivity (Wildman–Crippen MR) is 68.7 cm³/mol. The van der Waals surface area contributed by atoms with Crippen molar-refractivity contribution in [2.45, 2.75) is 25.4 Å². The second kappa shape index (κ2) is 6.52. The van der Waals surface area contributed by atoms with Crippen LogP contribution < -0.4 is 4.74 Å². The second-order valence-corrected chi connectivity index (χ2v) is 5.40. The number of nitro groups is 1. The van der Waals surface area contributed by atoms with Crippen LogP contribution in [0.1, 0.15) is 18.9 Å². The molecule has 1 N–H and O–H groups in total. The molecule has 7 heteroatoms. The number of nitro benzene ring substituents is 1. The van der Waals surface area contributed by atoms with Crippen LogP contribution >= 0.6 is 8.03 Å². The molecule has 0 amide bonds. The van der Waals surface area contributed by atoms with Crippen molar-refractivity contribution in [3.8, 4) is 5.75 Å². The van der Waals surface area contributed by atoms with Gasteiger partial charge in [-0.1, -0.05) is 13.0 Å². The molecule has 0 radical (unpaired) electrons. The number of rotatable bonds is 6. The van der Waals surface area contributed by atoms with Crippen LogP contribution in [-0.2, 0) is 11.0 Å². The molecule has 1 aromatic rings. The first-order valence-electron chi connectivity index (χ1n) is 5.53. The Labute approximate surface area is 106 Å². The highest BCUT2D eigenvalue weighted by Crippen LogP contribution is 2.32. The van der Waals surface area contributed by atoms with E-state index in [1.807, 2.05) is 6.92 Å². The topological polar surface area (TPSA) is 89.7 Å². The predicted octanol–water partition coefficient (Wildman–Crippen LogP) is 2.39. The van der Waals surface area contributed by atoms with E-state index in [1.165, 1.54) is 13.2 Å². The largest absolute Gasteiger partial charge is 0.490 e. The summed E-state index contributed by atoms with van der Waals surface area (Å²) in [5.74, 6) is 0.171. The number of hydrogen-bond acceptors (Lipinski definition) is 4. The van der Waals surface area contributed by atoms with E-state index in [2.05, 4.69) is 0 Å². The summed E-state index contributed by atoms with van der Waals surface area (Å²) in [4.78, 5) is 19.3. The van der Waals surface area contributed by atoms with E-state index in [0.29, 0.717) is 12.8 Å². The molecule has 6 nitrogen and oxygen atoms in total. The number of nitrogens with zero attached hydrogens (tertiary/aromatic N) is 1. The minimum Gasteiger partial charge on any atom is -0.490 e. The molecule has 18 heavy (non-hydrogen) atoms. The lowest BCUT2D eigenvalue weighted by atomic mass is 10.1. The maximum atomic E-state index is 11.1. The van der Waals surface area contributed by atoms with Gasteiger partial charge < -0.3 is 9.63 Å². The van der Waals surface area contributed by atoms with Crippen LogP contribution in [0.4, 0.5) is 5.69 Å². The van der Waals surface area contributed by atoms with E-state index in [9.17, 15) is 14.7 Å². The Kier molecular flexibility index (Phi) is 5.31. The Hall–Kier alpha value is -1.39. The summed E-state index contributed by atoms with van der Waals surface area (Å²) in [6.45, 7) is 1.84. The van der Waals surface area contributed by atoms with E-state index in [4.69, 9.17) is 9.63 Å². The fourth-order valence-electron chi connectivity index (χ4n) is 1.69. The van der Waals surface area contributed by atoms with Gasteiger partial charge in [0.2, 0.25) is 0 Å². The van der Waals surface area contributed by atoms with Gasteiger partial charge in [-0.25, -0.2) is 0 Å². The summed E-state index contributed by atoms with van der Waals surface area (Å²) in [6, 6.07) is 4.50. The third-order valence-electron chi connectivity index (χ3n) is 2.76. The number of methoxy groups -OCH3 is 1. The van der Waals surface area contributed by atoms with Crippen LogP contribution in [0.25, 0.3) is 0 Å². The highest BCUT2D eigenvalue weighted by atomic mass is 31.1. The van der Waals surface area contributed by atoms with Gasteiger partial charge in [0.05, 0.1) is 12.0 Å². The second-order valence-electron chi connectivity index (χ2n) is 3.91. The van der Waals surface area contributed by atoms with Crippen molar-refractivity contribution >= 4 is 13.7 Å². The fraction of sp³-hybridized carbons (Fsp3) is 0.455. The van der Waals surface area contributed by atoms with Gasteiger partial charge in [0.1, 0.15) is 0 Å². The lowest BCUT2D eigenvalue weighted by molar-refractivity contribution is -0.385. The van der Waals surface area contributed by atoms with Crippen molar-refractivity contribution in [3.63, 3.8) is 0 Å². The molecule has 1 rings (SSSR count). The Balaban J connectivity index is 2.98. The van der Waals surface area contributed by atoms with Crippen LogP contribution in [-0.4, -0.2) is 22.6 Å². The summed E-state index contributed by atoms with van der Waals surface area (Å²) in [5, 5.41) is 10.7. The normalized spacial score (nSPS) is 13.9. The molecule has 0 fully saturated rings. The van der Waals surface area contributed by atoms with Gasteiger partial charge in [0.15, 0.2) is 13.8 Å². The Morgan fingerprint density at radius 3 is 2.67 bits per heavy atom. The van der Waals surface area contributed by atoms with Crippen molar-refractivity contribution in [2.75, 3.05) is 7.11 Å². The smallest absolute Gasteiger partial charge is 0.310 e. The molecule has 2 atom stereocenters. The minimum atomic E-state index is -2.59. The standard InChI is InChI=1S/C11H16NO5P/c1-3-9(18(15)16)6-8-4-5-10(12(13)14)11(7-8)17-2/h4-5,7,9,18H,3,6H2,1-2H3,(H,15,16). The Morgan fingerprint density at radius 1 is 1.56 bits per heavy atom. The molecule has 1 aromatic carbocycles. The lowest BCUT2D eigenvalue weighted by Crippen LogP contribution is -2.05. The number of ether oxygens (including phenoxy) is 1. The molecule has 0 aliphatic heterocycles. The van der Waals surface area contributed by atoms with Gasteiger partial charge in [0.25, 0.3) is 0 Å². The minimum absolute atomic E-state index is 0.106. The molecule has 0 aromatic heterocycles. The van der Waals surface area contributed by atoms with E-state index >= 15 is 0 Å². The van der Waals surface area contributed by atoms with Crippen molar-refractivity contribution in [2.24, 2.45) is 0 Å². The van der Waals surface area contributed by atoms with Gasteiger partial charge in [-0.05, 0) is 24.5 Å². The quantitative estimate of drug-likeness (QED) is 0.488. The van der Waals surface area contributed by atoms with Gasteiger partial charge in [-0.3, -0.25) is 14.7 Å². The van der Waals surface area contributed by atoms with Crippen molar-refractivity contribution in [1.82, 2.24) is 0 Å². The number of benzene rings is 1. The van der Waals surface area contributed by atoms with Crippen molar-refractivity contribution in [3.05, 3.63) is 33.9 Å². The zero-order valence-electron chi connectivity index (χ0n) is 10.3. The molecular weight excluding hydrogens is 257 g/mol. The summed E-state index contributed by atoms with van der Waals surface area (Å²) in [6.07, 6.45) is 1.01. The monoisotopic (exact) mass is 273 g/mol. The van der Waals surface area contributed by atoms with Gasteiger partial charge in [-0.15, -0.1) is 0 Å². The van der Waals surface area contributed by atoms with E-state index in [0.717, 1.165) is 5.56 Å². The highest BCUT2D eigenvalue weighted by molar-refractivity contribution is 7.38. The SMILES string of the molecule is CCC(Cc1ccc([N+](=O)[O-])c(OC)c1)[PH](=O)O. The summed E-state index contributed by atoms with van der Waals surface area (Å²) >= 11 is 0. The molecule has 0 aliphatic rings. The van der Waals surface area contributed by atoms with Crippen LogP contribution in [0.2, 0.25) is 0 Å². The van der Waals surface area contributed by atoms with E-state index in [1.54, 1.807) is 12.1 Å². The maximum Gasteiger partial charge on any atom is 0.310 e. The zero-order valence-corrected chi connectivity index (χ0v) is 11.3. The van der Waals surface area contributed by atoms with Crippen LogP contribution in [0, 0.1) is 10.1 Å². The van der Waals surface area contributed by atoms with Crippen LogP contribution in [0.15, 0.2) is 18.2 Å². The third kappa shape index (κ3) is 3.55. The van der Waals surface area contributed by atoms with Crippen molar-refractivity contribution in [1.29, 1.82) is 0 Å². The molecule has 0 bridgehead atoms. The first-order chi connectivity index (χ1) is 8.49. The zero-order chi connectivity index (χ0) is 13.7. The molecule has 0 saturated heterocycles. The first-order valence-corrected chi connectivity index (χ1v) is 6.97. The molecular formula is C11H16NO5P. The first kappa shape index (κ1) is 14.7. The molecule has 2 unspecified atom stereocenters. The third-order valence-corrected chi connectivity index (χ3v) is 4.08. The van der Waals surface area contributed by atoms with Crippen LogP contribution in [0.5, 0.6) is 5.75 Å². The number of hydrogen-bond donors (Lipinski definition) is 1. The maximum absolute atomic E-state index is 11.1. The average molecular weight is 273 g/mol. The summed E-state index contributed by atoms with van der Waals surface area (Å²) < 4.78 is 16.1. The molecule has 0 heterocycles.